The lowest BCUT2D eigenvalue weighted by atomic mass is 10.0. The molecule has 6 heteroatoms. The van der Waals surface area contributed by atoms with Crippen LogP contribution in [0.2, 0.25) is 0 Å². The van der Waals surface area contributed by atoms with Crippen LogP contribution in [0, 0.1) is 6.92 Å². The zero-order valence-corrected chi connectivity index (χ0v) is 15.4. The number of aromatic nitrogens is 1. The van der Waals surface area contributed by atoms with E-state index in [2.05, 4.69) is 9.47 Å². The van der Waals surface area contributed by atoms with Crippen molar-refractivity contribution in [3.05, 3.63) is 33.6 Å². The molecule has 1 aliphatic heterocycles. The second-order valence-corrected chi connectivity index (χ2v) is 7.26. The van der Waals surface area contributed by atoms with Crippen LogP contribution in [0.5, 0.6) is 0 Å². The van der Waals surface area contributed by atoms with Crippen LogP contribution in [0.1, 0.15) is 54.6 Å². The monoisotopic (exact) mass is 355 g/mol. The second kappa shape index (κ2) is 6.34. The van der Waals surface area contributed by atoms with Gasteiger partial charge in [0.1, 0.15) is 5.56 Å². The van der Waals surface area contributed by atoms with Crippen molar-refractivity contribution in [1.29, 1.82) is 0 Å². The van der Waals surface area contributed by atoms with Crippen molar-refractivity contribution in [2.75, 3.05) is 30.3 Å². The summed E-state index contributed by atoms with van der Waals surface area (Å²) in [6.45, 7) is 6.00. The van der Waals surface area contributed by atoms with Crippen molar-refractivity contribution >= 4 is 28.2 Å². The van der Waals surface area contributed by atoms with E-state index < -0.39 is 5.97 Å². The van der Waals surface area contributed by atoms with Gasteiger partial charge in [0.05, 0.1) is 23.5 Å². The molecule has 2 N–H and O–H groups in total. The molecule has 2 aromatic rings. The molecule has 1 aromatic heterocycles. The van der Waals surface area contributed by atoms with E-state index in [9.17, 15) is 9.59 Å². The fourth-order valence-corrected chi connectivity index (χ4v) is 4.09. The first kappa shape index (κ1) is 16.9. The number of esters is 1. The molecule has 138 valence electrons. The van der Waals surface area contributed by atoms with Crippen LogP contribution in [0.4, 0.5) is 11.4 Å². The number of pyridine rings is 1. The van der Waals surface area contributed by atoms with Gasteiger partial charge in [0.15, 0.2) is 0 Å². The Labute approximate surface area is 152 Å². The number of nitrogens with zero attached hydrogens (tertiary/aromatic N) is 2. The number of nitrogens with two attached hydrogens (primary N) is 1. The minimum absolute atomic E-state index is 0.0963. The molecular formula is C20H25N3O3. The lowest BCUT2D eigenvalue weighted by Gasteiger charge is -2.25. The number of anilines is 2. The van der Waals surface area contributed by atoms with E-state index >= 15 is 0 Å². The summed E-state index contributed by atoms with van der Waals surface area (Å²) in [4.78, 5) is 27.6. The van der Waals surface area contributed by atoms with E-state index in [1.54, 1.807) is 19.2 Å². The molecule has 0 amide bonds. The number of aryl methyl sites for hydroxylation is 1. The van der Waals surface area contributed by atoms with E-state index in [0.717, 1.165) is 55.5 Å². The Hall–Kier alpha value is -2.50. The molecule has 2 aliphatic rings. The van der Waals surface area contributed by atoms with Gasteiger partial charge in [-0.15, -0.1) is 0 Å². The first-order valence-electron chi connectivity index (χ1n) is 9.43. The van der Waals surface area contributed by atoms with E-state index in [1.807, 2.05) is 6.92 Å². The molecule has 1 aromatic carbocycles. The minimum atomic E-state index is -0.561. The van der Waals surface area contributed by atoms with Crippen molar-refractivity contribution in [2.45, 2.75) is 45.6 Å². The molecule has 6 nitrogen and oxygen atoms in total. The summed E-state index contributed by atoms with van der Waals surface area (Å²) in [7, 11) is 0. The molecule has 26 heavy (non-hydrogen) atoms. The standard InChI is InChI=1S/C20H25N3O3/c1-3-26-20(25)15-11-23(13-6-7-13)17-12(2)18(22-8-4-5-9-22)16(21)10-14(17)19(15)24/h10-11,13H,3-9,21H2,1-2H3. The highest BCUT2D eigenvalue weighted by molar-refractivity contribution is 5.98. The maximum atomic E-state index is 13.0. The maximum Gasteiger partial charge on any atom is 0.343 e. The first-order chi connectivity index (χ1) is 12.5. The van der Waals surface area contributed by atoms with Crippen LogP contribution in [-0.2, 0) is 4.74 Å². The summed E-state index contributed by atoms with van der Waals surface area (Å²) >= 11 is 0. The van der Waals surface area contributed by atoms with Crippen LogP contribution in [-0.4, -0.2) is 30.2 Å². The number of carbonyl (C=O) groups excluding carboxylic acids is 1. The number of rotatable bonds is 4. The maximum absolute atomic E-state index is 13.0. The molecule has 2 heterocycles. The summed E-state index contributed by atoms with van der Waals surface area (Å²) in [6, 6.07) is 2.08. The fourth-order valence-electron chi connectivity index (χ4n) is 4.09. The molecule has 1 saturated heterocycles. The van der Waals surface area contributed by atoms with Crippen molar-refractivity contribution in [3.8, 4) is 0 Å². The number of benzene rings is 1. The summed E-state index contributed by atoms with van der Waals surface area (Å²) in [5, 5.41) is 0.514. The average molecular weight is 355 g/mol. The number of carbonyl (C=O) groups is 1. The molecule has 2 fully saturated rings. The molecule has 0 radical (unpaired) electrons. The molecular weight excluding hydrogens is 330 g/mol. The van der Waals surface area contributed by atoms with Crippen LogP contribution in [0.25, 0.3) is 10.9 Å². The molecule has 0 spiro atoms. The first-order valence-corrected chi connectivity index (χ1v) is 9.43. The number of ether oxygens (including phenoxy) is 1. The molecule has 4 rings (SSSR count). The van der Waals surface area contributed by atoms with Gasteiger partial charge in [0.2, 0.25) is 5.43 Å². The van der Waals surface area contributed by atoms with Gasteiger partial charge in [-0.05, 0) is 51.2 Å². The Morgan fingerprint density at radius 2 is 2.00 bits per heavy atom. The number of hydrogen-bond donors (Lipinski definition) is 1. The zero-order valence-electron chi connectivity index (χ0n) is 15.4. The Balaban J connectivity index is 2.00. The molecule has 1 saturated carbocycles. The van der Waals surface area contributed by atoms with Crippen LogP contribution in [0.15, 0.2) is 17.1 Å². The molecule has 0 bridgehead atoms. The highest BCUT2D eigenvalue weighted by Gasteiger charge is 2.29. The number of nitrogen functional groups attached to an aromatic ring is 1. The predicted molar refractivity (Wildman–Crippen MR) is 103 cm³/mol. The van der Waals surface area contributed by atoms with Crippen molar-refractivity contribution in [2.24, 2.45) is 0 Å². The fraction of sp³-hybridized carbons (Fsp3) is 0.500. The Morgan fingerprint density at radius 1 is 1.31 bits per heavy atom. The smallest absolute Gasteiger partial charge is 0.343 e. The van der Waals surface area contributed by atoms with Crippen molar-refractivity contribution in [1.82, 2.24) is 4.57 Å². The Morgan fingerprint density at radius 3 is 2.62 bits per heavy atom. The van der Waals surface area contributed by atoms with Gasteiger partial charge in [-0.3, -0.25) is 4.79 Å². The topological polar surface area (TPSA) is 77.6 Å². The van der Waals surface area contributed by atoms with E-state index in [-0.39, 0.29) is 17.6 Å². The van der Waals surface area contributed by atoms with Gasteiger partial charge in [-0.2, -0.15) is 0 Å². The van der Waals surface area contributed by atoms with Gasteiger partial charge in [0, 0.05) is 30.7 Å². The lowest BCUT2D eigenvalue weighted by molar-refractivity contribution is 0.0524. The van der Waals surface area contributed by atoms with Gasteiger partial charge >= 0.3 is 5.97 Å². The second-order valence-electron chi connectivity index (χ2n) is 7.26. The summed E-state index contributed by atoms with van der Waals surface area (Å²) in [6.07, 6.45) is 6.13. The Bertz CT molecular complexity index is 938. The van der Waals surface area contributed by atoms with Crippen LogP contribution in [0.3, 0.4) is 0 Å². The third kappa shape index (κ3) is 2.64. The van der Waals surface area contributed by atoms with Gasteiger partial charge in [0.25, 0.3) is 0 Å². The molecule has 1 aliphatic carbocycles. The van der Waals surface area contributed by atoms with Gasteiger partial charge in [-0.25, -0.2) is 4.79 Å². The zero-order chi connectivity index (χ0) is 18.4. The van der Waals surface area contributed by atoms with Crippen molar-refractivity contribution < 1.29 is 9.53 Å². The molecule has 0 atom stereocenters. The predicted octanol–water partition coefficient (Wildman–Crippen LogP) is 3.00. The van der Waals surface area contributed by atoms with E-state index in [0.29, 0.717) is 17.1 Å². The minimum Gasteiger partial charge on any atom is -0.462 e. The third-order valence-electron chi connectivity index (χ3n) is 5.41. The summed E-state index contributed by atoms with van der Waals surface area (Å²) < 4.78 is 7.18. The van der Waals surface area contributed by atoms with E-state index in [4.69, 9.17) is 10.5 Å². The number of fused-ring (bicyclic) bond motifs is 1. The lowest BCUT2D eigenvalue weighted by Crippen LogP contribution is -2.24. The quantitative estimate of drug-likeness (QED) is 0.674. The molecule has 0 unspecified atom stereocenters. The van der Waals surface area contributed by atoms with Crippen molar-refractivity contribution in [3.63, 3.8) is 0 Å². The van der Waals surface area contributed by atoms with Gasteiger partial charge < -0.3 is 19.9 Å². The highest BCUT2D eigenvalue weighted by Crippen LogP contribution is 2.41. The SMILES string of the molecule is CCOC(=O)c1cn(C2CC2)c2c(C)c(N3CCCC3)c(N)cc2c1=O. The largest absolute Gasteiger partial charge is 0.462 e. The van der Waals surface area contributed by atoms with Crippen LogP contribution >= 0.6 is 0 Å². The highest BCUT2D eigenvalue weighted by atomic mass is 16.5. The summed E-state index contributed by atoms with van der Waals surface area (Å²) in [5.41, 5.74) is 9.74. The normalized spacial score (nSPS) is 17.1. The van der Waals surface area contributed by atoms with Crippen LogP contribution < -0.4 is 16.1 Å². The third-order valence-corrected chi connectivity index (χ3v) is 5.41. The van der Waals surface area contributed by atoms with E-state index in [1.165, 1.54) is 0 Å². The average Bonchev–Trinajstić information content (AvgIpc) is 3.31. The summed E-state index contributed by atoms with van der Waals surface area (Å²) in [5.74, 6) is -0.561. The Kier molecular flexibility index (Phi) is 4.13. The van der Waals surface area contributed by atoms with Gasteiger partial charge in [-0.1, -0.05) is 0 Å². The number of hydrogen-bond acceptors (Lipinski definition) is 5.